The zero-order chi connectivity index (χ0) is 13.0. The first-order valence-corrected chi connectivity index (χ1v) is 6.86. The van der Waals surface area contributed by atoms with Crippen LogP contribution < -0.4 is 5.32 Å². The molecule has 0 amide bonds. The summed E-state index contributed by atoms with van der Waals surface area (Å²) in [6.07, 6.45) is 5.09. The van der Waals surface area contributed by atoms with Gasteiger partial charge in [-0.1, -0.05) is 31.4 Å². The maximum Gasteiger partial charge on any atom is 0.158 e. The number of nitrogens with one attached hydrogen (secondary N) is 1. The van der Waals surface area contributed by atoms with Crippen LogP contribution in [0, 0.1) is 5.92 Å². The van der Waals surface area contributed by atoms with Crippen molar-refractivity contribution in [3.63, 3.8) is 0 Å². The molecule has 1 aromatic heterocycles. The fourth-order valence-corrected chi connectivity index (χ4v) is 2.65. The fourth-order valence-electron chi connectivity index (χ4n) is 2.45. The first-order valence-electron chi connectivity index (χ1n) is 6.48. The summed E-state index contributed by atoms with van der Waals surface area (Å²) in [5.74, 6) is 2.11. The van der Waals surface area contributed by atoms with E-state index in [0.29, 0.717) is 29.5 Å². The van der Waals surface area contributed by atoms with Gasteiger partial charge in [-0.25, -0.2) is 9.97 Å². The van der Waals surface area contributed by atoms with Crippen molar-refractivity contribution in [1.29, 1.82) is 0 Å². The van der Waals surface area contributed by atoms with Gasteiger partial charge in [-0.05, 0) is 18.8 Å². The third-order valence-electron chi connectivity index (χ3n) is 3.46. The summed E-state index contributed by atoms with van der Waals surface area (Å²) in [5.41, 5.74) is 0. The van der Waals surface area contributed by atoms with Gasteiger partial charge in [0.15, 0.2) is 5.82 Å². The van der Waals surface area contributed by atoms with E-state index in [-0.39, 0.29) is 0 Å². The Hall–Kier alpha value is -0.870. The maximum absolute atomic E-state index is 5.99. The molecule has 100 valence electrons. The predicted octanol–water partition coefficient (Wildman–Crippen LogP) is 3.27. The lowest BCUT2D eigenvalue weighted by molar-refractivity contribution is 0.178. The van der Waals surface area contributed by atoms with Crippen LogP contribution in [-0.4, -0.2) is 23.1 Å². The van der Waals surface area contributed by atoms with E-state index in [1.165, 1.54) is 25.7 Å². The number of methoxy groups -OCH3 is 1. The van der Waals surface area contributed by atoms with Gasteiger partial charge < -0.3 is 10.1 Å². The van der Waals surface area contributed by atoms with Crippen LogP contribution in [0.1, 0.15) is 38.4 Å². The summed E-state index contributed by atoms with van der Waals surface area (Å²) in [7, 11) is 1.63. The number of aromatic nitrogens is 2. The van der Waals surface area contributed by atoms with E-state index in [1.807, 2.05) is 0 Å². The zero-order valence-electron chi connectivity index (χ0n) is 10.9. The number of nitrogens with zero attached hydrogens (tertiary/aromatic N) is 2. The van der Waals surface area contributed by atoms with Gasteiger partial charge in [-0.15, -0.1) is 0 Å². The smallest absolute Gasteiger partial charge is 0.158 e. The third-order valence-corrected chi connectivity index (χ3v) is 3.65. The fraction of sp³-hybridized carbons (Fsp3) is 0.692. The van der Waals surface area contributed by atoms with Gasteiger partial charge in [-0.2, -0.15) is 0 Å². The Kier molecular flexibility index (Phi) is 4.78. The minimum Gasteiger partial charge on any atom is -0.377 e. The Labute approximate surface area is 113 Å². The molecule has 2 unspecified atom stereocenters. The highest BCUT2D eigenvalue weighted by Crippen LogP contribution is 2.26. The lowest BCUT2D eigenvalue weighted by Gasteiger charge is -2.30. The number of anilines is 1. The summed E-state index contributed by atoms with van der Waals surface area (Å²) < 4.78 is 5.04. The second-order valence-electron chi connectivity index (χ2n) is 4.94. The first-order chi connectivity index (χ1) is 8.69. The van der Waals surface area contributed by atoms with Gasteiger partial charge in [0.1, 0.15) is 17.6 Å². The van der Waals surface area contributed by atoms with Crippen LogP contribution >= 0.6 is 11.6 Å². The van der Waals surface area contributed by atoms with Crippen LogP contribution in [-0.2, 0) is 11.3 Å². The summed E-state index contributed by atoms with van der Waals surface area (Å²) in [5, 5.41) is 3.94. The normalized spacial score (nSPS) is 23.9. The summed E-state index contributed by atoms with van der Waals surface area (Å²) in [6.45, 7) is 2.67. The standard InChI is InChI=1S/C13H20ClN3O/c1-9-5-3-4-6-10(9)15-12-7-11(14)16-13(17-12)8-18-2/h7,9-10H,3-6,8H2,1-2H3,(H,15,16,17). The van der Waals surface area contributed by atoms with Gasteiger partial charge in [0.05, 0.1) is 0 Å². The van der Waals surface area contributed by atoms with Gasteiger partial charge >= 0.3 is 0 Å². The predicted molar refractivity (Wildman–Crippen MR) is 72.8 cm³/mol. The minimum absolute atomic E-state index is 0.384. The minimum atomic E-state index is 0.384. The maximum atomic E-state index is 5.99. The molecule has 18 heavy (non-hydrogen) atoms. The molecule has 0 bridgehead atoms. The van der Waals surface area contributed by atoms with E-state index in [2.05, 4.69) is 22.2 Å². The van der Waals surface area contributed by atoms with Gasteiger partial charge in [0.2, 0.25) is 0 Å². The van der Waals surface area contributed by atoms with Crippen molar-refractivity contribution >= 4 is 17.4 Å². The molecule has 0 saturated heterocycles. The molecule has 4 nitrogen and oxygen atoms in total. The van der Waals surface area contributed by atoms with Crippen molar-refractivity contribution in [2.24, 2.45) is 5.92 Å². The molecule has 5 heteroatoms. The van der Waals surface area contributed by atoms with Crippen molar-refractivity contribution in [3.8, 4) is 0 Å². The van der Waals surface area contributed by atoms with Crippen LogP contribution in [0.3, 0.4) is 0 Å². The van der Waals surface area contributed by atoms with E-state index >= 15 is 0 Å². The Morgan fingerprint density at radius 2 is 2.17 bits per heavy atom. The lowest BCUT2D eigenvalue weighted by atomic mass is 9.86. The van der Waals surface area contributed by atoms with Gasteiger partial charge in [-0.3, -0.25) is 0 Å². The van der Waals surface area contributed by atoms with Crippen LogP contribution in [0.2, 0.25) is 5.15 Å². The first kappa shape index (κ1) is 13.6. The topological polar surface area (TPSA) is 47.0 Å². The van der Waals surface area contributed by atoms with E-state index < -0.39 is 0 Å². The molecule has 0 aromatic carbocycles. The van der Waals surface area contributed by atoms with Crippen molar-refractivity contribution in [1.82, 2.24) is 9.97 Å². The number of hydrogen-bond acceptors (Lipinski definition) is 4. The summed E-state index contributed by atoms with van der Waals surface area (Å²) in [6, 6.07) is 2.27. The van der Waals surface area contributed by atoms with Crippen molar-refractivity contribution in [3.05, 3.63) is 17.0 Å². The highest BCUT2D eigenvalue weighted by molar-refractivity contribution is 6.29. The molecule has 1 fully saturated rings. The van der Waals surface area contributed by atoms with Crippen LogP contribution in [0.4, 0.5) is 5.82 Å². The van der Waals surface area contributed by atoms with Crippen molar-refractivity contribution in [2.75, 3.05) is 12.4 Å². The number of rotatable bonds is 4. The second-order valence-corrected chi connectivity index (χ2v) is 5.32. The van der Waals surface area contributed by atoms with E-state index in [9.17, 15) is 0 Å². The van der Waals surface area contributed by atoms with E-state index in [4.69, 9.17) is 16.3 Å². The third kappa shape index (κ3) is 3.56. The SMILES string of the molecule is COCc1nc(Cl)cc(NC2CCCCC2C)n1. The average Bonchev–Trinajstić information content (AvgIpc) is 2.32. The molecule has 1 aliphatic rings. The molecule has 1 saturated carbocycles. The molecule has 1 aliphatic carbocycles. The van der Waals surface area contributed by atoms with Crippen molar-refractivity contribution < 1.29 is 4.74 Å². The van der Waals surface area contributed by atoms with Gasteiger partial charge in [0.25, 0.3) is 0 Å². The highest BCUT2D eigenvalue weighted by atomic mass is 35.5. The highest BCUT2D eigenvalue weighted by Gasteiger charge is 2.21. The number of ether oxygens (including phenoxy) is 1. The molecule has 1 aromatic rings. The van der Waals surface area contributed by atoms with Gasteiger partial charge in [0, 0.05) is 19.2 Å². The molecule has 2 atom stereocenters. The zero-order valence-corrected chi connectivity index (χ0v) is 11.7. The molecular weight excluding hydrogens is 250 g/mol. The quantitative estimate of drug-likeness (QED) is 0.853. The van der Waals surface area contributed by atoms with Crippen molar-refractivity contribution in [2.45, 2.75) is 45.3 Å². The molecule has 2 rings (SSSR count). The summed E-state index contributed by atoms with van der Waals surface area (Å²) in [4.78, 5) is 8.55. The second kappa shape index (κ2) is 6.34. The molecule has 1 heterocycles. The van der Waals surface area contributed by atoms with E-state index in [0.717, 1.165) is 5.82 Å². The molecule has 0 radical (unpaired) electrons. The Morgan fingerprint density at radius 1 is 1.39 bits per heavy atom. The Morgan fingerprint density at radius 3 is 2.89 bits per heavy atom. The lowest BCUT2D eigenvalue weighted by Crippen LogP contribution is -2.30. The number of hydrogen-bond donors (Lipinski definition) is 1. The monoisotopic (exact) mass is 269 g/mol. The van der Waals surface area contributed by atoms with Crippen LogP contribution in [0.5, 0.6) is 0 Å². The average molecular weight is 270 g/mol. The molecule has 0 spiro atoms. The largest absolute Gasteiger partial charge is 0.377 e. The van der Waals surface area contributed by atoms with Crippen LogP contribution in [0.25, 0.3) is 0 Å². The van der Waals surface area contributed by atoms with E-state index in [1.54, 1.807) is 13.2 Å². The molecular formula is C13H20ClN3O. The number of halogens is 1. The van der Waals surface area contributed by atoms with Crippen LogP contribution in [0.15, 0.2) is 6.07 Å². The Balaban J connectivity index is 2.07. The summed E-state index contributed by atoms with van der Waals surface area (Å²) >= 11 is 5.99. The molecule has 0 aliphatic heterocycles. The Bertz CT molecular complexity index is 400. The molecule has 1 N–H and O–H groups in total.